The lowest BCUT2D eigenvalue weighted by molar-refractivity contribution is -0.274. The number of alkyl halides is 3. The first-order chi connectivity index (χ1) is 10.3. The average Bonchev–Trinajstić information content (AvgIpc) is 2.46. The molecule has 0 spiro atoms. The third-order valence-electron chi connectivity index (χ3n) is 3.00. The number of phenols is 1. The van der Waals surface area contributed by atoms with E-state index >= 15 is 0 Å². The topological polar surface area (TPSA) is 79.3 Å². The molecule has 2 rings (SSSR count). The largest absolute Gasteiger partial charge is 0.573 e. The van der Waals surface area contributed by atoms with Crippen LogP contribution in [0.1, 0.15) is 22.7 Å². The summed E-state index contributed by atoms with van der Waals surface area (Å²) in [5, 5.41) is 18.8. The van der Waals surface area contributed by atoms with Crippen LogP contribution in [0.5, 0.6) is 11.5 Å². The number of halogens is 4. The molecular weight excluding hydrogens is 333 g/mol. The molecule has 0 aliphatic heterocycles. The van der Waals surface area contributed by atoms with Crippen molar-refractivity contribution in [2.45, 2.75) is 12.4 Å². The Morgan fingerprint density at radius 1 is 1.13 bits per heavy atom. The van der Waals surface area contributed by atoms with Crippen molar-refractivity contribution in [3.05, 3.63) is 59.2 Å². The number of ether oxygens (including phenoxy) is 1. The molecule has 0 radical (unpaired) electrons. The van der Waals surface area contributed by atoms with E-state index in [1.165, 1.54) is 18.2 Å². The maximum atomic E-state index is 12.1. The molecule has 4 nitrogen and oxygen atoms in total. The molecule has 0 bridgehead atoms. The van der Waals surface area contributed by atoms with Gasteiger partial charge in [0.15, 0.2) is 0 Å². The van der Waals surface area contributed by atoms with Gasteiger partial charge in [0.1, 0.15) is 17.6 Å². The SMILES string of the molecule is Cl.N#Cc1cccc([C@@H](N)c2ccc(OC(F)(F)F)cc2)c1O. The number of hydrogen-bond acceptors (Lipinski definition) is 4. The van der Waals surface area contributed by atoms with Gasteiger partial charge in [-0.3, -0.25) is 0 Å². The minimum absolute atomic E-state index is 0. The minimum Gasteiger partial charge on any atom is -0.506 e. The molecule has 2 aromatic carbocycles. The van der Waals surface area contributed by atoms with Crippen molar-refractivity contribution in [1.82, 2.24) is 0 Å². The Bertz CT molecular complexity index is 712. The third kappa shape index (κ3) is 4.52. The Hall–Kier alpha value is -2.43. The van der Waals surface area contributed by atoms with Crippen molar-refractivity contribution >= 4 is 12.4 Å². The number of nitrogens with two attached hydrogens (primary N) is 1. The summed E-state index contributed by atoms with van der Waals surface area (Å²) in [4.78, 5) is 0. The number of para-hydroxylation sites is 1. The number of hydrogen-bond donors (Lipinski definition) is 2. The van der Waals surface area contributed by atoms with E-state index < -0.39 is 12.4 Å². The van der Waals surface area contributed by atoms with E-state index in [1.54, 1.807) is 12.1 Å². The van der Waals surface area contributed by atoms with E-state index in [9.17, 15) is 18.3 Å². The van der Waals surface area contributed by atoms with E-state index in [0.29, 0.717) is 11.1 Å². The molecule has 0 aliphatic rings. The van der Waals surface area contributed by atoms with E-state index in [2.05, 4.69) is 4.74 Å². The second-order valence-electron chi connectivity index (χ2n) is 4.45. The smallest absolute Gasteiger partial charge is 0.506 e. The molecule has 0 saturated heterocycles. The van der Waals surface area contributed by atoms with E-state index in [0.717, 1.165) is 12.1 Å². The summed E-state index contributed by atoms with van der Waals surface area (Å²) < 4.78 is 40.0. The van der Waals surface area contributed by atoms with Gasteiger partial charge in [0.05, 0.1) is 11.6 Å². The predicted molar refractivity (Wildman–Crippen MR) is 79.2 cm³/mol. The van der Waals surface area contributed by atoms with Gasteiger partial charge in [0.2, 0.25) is 0 Å². The molecule has 0 unspecified atom stereocenters. The van der Waals surface area contributed by atoms with Gasteiger partial charge in [-0.05, 0) is 23.8 Å². The highest BCUT2D eigenvalue weighted by Gasteiger charge is 2.31. The van der Waals surface area contributed by atoms with Gasteiger partial charge in [-0.1, -0.05) is 24.3 Å². The number of nitrogens with zero attached hydrogens (tertiary/aromatic N) is 1. The fourth-order valence-electron chi connectivity index (χ4n) is 1.96. The number of rotatable bonds is 3. The molecule has 0 aromatic heterocycles. The molecule has 0 heterocycles. The summed E-state index contributed by atoms with van der Waals surface area (Å²) in [6.45, 7) is 0. The first kappa shape index (κ1) is 18.6. The fraction of sp³-hybridized carbons (Fsp3) is 0.133. The maximum absolute atomic E-state index is 12.1. The number of aromatic hydroxyl groups is 1. The zero-order valence-corrected chi connectivity index (χ0v) is 12.4. The van der Waals surface area contributed by atoms with Crippen LogP contribution in [-0.4, -0.2) is 11.5 Å². The highest BCUT2D eigenvalue weighted by atomic mass is 35.5. The van der Waals surface area contributed by atoms with Crippen molar-refractivity contribution in [2.75, 3.05) is 0 Å². The standard InChI is InChI=1S/C15H11F3N2O2.ClH/c16-15(17,18)22-11-6-4-9(5-7-11)13(20)12-3-1-2-10(8-19)14(12)21;/h1-7,13,21H,20H2;1H/t13-;/m0./s1. The second kappa shape index (κ2) is 7.22. The fourth-order valence-corrected chi connectivity index (χ4v) is 1.96. The minimum atomic E-state index is -4.76. The van der Waals surface area contributed by atoms with E-state index in [1.807, 2.05) is 6.07 Å². The lowest BCUT2D eigenvalue weighted by Gasteiger charge is -2.15. The van der Waals surface area contributed by atoms with Crippen LogP contribution in [0.3, 0.4) is 0 Å². The highest BCUT2D eigenvalue weighted by Crippen LogP contribution is 2.31. The van der Waals surface area contributed by atoms with Crippen LogP contribution in [0.2, 0.25) is 0 Å². The van der Waals surface area contributed by atoms with Crippen LogP contribution >= 0.6 is 12.4 Å². The van der Waals surface area contributed by atoms with Crippen molar-refractivity contribution in [3.8, 4) is 17.6 Å². The van der Waals surface area contributed by atoms with Crippen LogP contribution in [0, 0.1) is 11.3 Å². The molecule has 122 valence electrons. The Kier molecular flexibility index (Phi) is 5.85. The molecule has 8 heteroatoms. The van der Waals surface area contributed by atoms with Crippen LogP contribution in [0.15, 0.2) is 42.5 Å². The van der Waals surface area contributed by atoms with Gasteiger partial charge in [-0.15, -0.1) is 25.6 Å². The van der Waals surface area contributed by atoms with Crippen LogP contribution < -0.4 is 10.5 Å². The summed E-state index contributed by atoms with van der Waals surface area (Å²) in [6.07, 6.45) is -4.76. The second-order valence-corrected chi connectivity index (χ2v) is 4.45. The first-order valence-electron chi connectivity index (χ1n) is 6.15. The van der Waals surface area contributed by atoms with Crippen molar-refractivity contribution < 1.29 is 23.0 Å². The molecular formula is C15H12ClF3N2O2. The highest BCUT2D eigenvalue weighted by molar-refractivity contribution is 5.85. The number of phenolic OH excluding ortho intramolecular Hbond substituents is 1. The zero-order chi connectivity index (χ0) is 16.3. The van der Waals surface area contributed by atoms with Gasteiger partial charge >= 0.3 is 6.36 Å². The number of benzene rings is 2. The molecule has 2 aromatic rings. The summed E-state index contributed by atoms with van der Waals surface area (Å²) in [5.41, 5.74) is 6.84. The normalized spacial score (nSPS) is 12.0. The molecule has 0 fully saturated rings. The van der Waals surface area contributed by atoms with Crippen LogP contribution in [0.25, 0.3) is 0 Å². The summed E-state index contributed by atoms with van der Waals surface area (Å²) in [5.74, 6) is -0.605. The van der Waals surface area contributed by atoms with E-state index in [-0.39, 0.29) is 29.5 Å². The van der Waals surface area contributed by atoms with Gasteiger partial charge in [-0.25, -0.2) is 0 Å². The maximum Gasteiger partial charge on any atom is 0.573 e. The molecule has 0 aliphatic carbocycles. The van der Waals surface area contributed by atoms with E-state index in [4.69, 9.17) is 11.0 Å². The van der Waals surface area contributed by atoms with Gasteiger partial charge < -0.3 is 15.6 Å². The van der Waals surface area contributed by atoms with Gasteiger partial charge in [-0.2, -0.15) is 5.26 Å². The first-order valence-corrected chi connectivity index (χ1v) is 6.15. The number of nitriles is 1. The Balaban J connectivity index is 0.00000264. The Labute approximate surface area is 136 Å². The molecule has 23 heavy (non-hydrogen) atoms. The molecule has 0 saturated carbocycles. The quantitative estimate of drug-likeness (QED) is 0.891. The summed E-state index contributed by atoms with van der Waals surface area (Å²) in [6, 6.07) is 10.6. The van der Waals surface area contributed by atoms with Crippen LogP contribution in [0.4, 0.5) is 13.2 Å². The van der Waals surface area contributed by atoms with Crippen molar-refractivity contribution in [2.24, 2.45) is 5.73 Å². The molecule has 1 atom stereocenters. The monoisotopic (exact) mass is 344 g/mol. The van der Waals surface area contributed by atoms with Gasteiger partial charge in [0, 0.05) is 5.56 Å². The average molecular weight is 345 g/mol. The lowest BCUT2D eigenvalue weighted by Crippen LogP contribution is -2.17. The molecule has 0 amide bonds. The van der Waals surface area contributed by atoms with Gasteiger partial charge in [0.25, 0.3) is 0 Å². The van der Waals surface area contributed by atoms with Crippen molar-refractivity contribution in [3.63, 3.8) is 0 Å². The Morgan fingerprint density at radius 3 is 2.26 bits per heavy atom. The Morgan fingerprint density at radius 2 is 1.74 bits per heavy atom. The van der Waals surface area contributed by atoms with Crippen molar-refractivity contribution in [1.29, 1.82) is 5.26 Å². The molecule has 3 N–H and O–H groups in total. The lowest BCUT2D eigenvalue weighted by atomic mass is 9.97. The van der Waals surface area contributed by atoms with Crippen LogP contribution in [-0.2, 0) is 0 Å². The zero-order valence-electron chi connectivity index (χ0n) is 11.5. The summed E-state index contributed by atoms with van der Waals surface area (Å²) >= 11 is 0. The predicted octanol–water partition coefficient (Wildman–Crippen LogP) is 3.63. The third-order valence-corrected chi connectivity index (χ3v) is 3.00. The summed E-state index contributed by atoms with van der Waals surface area (Å²) in [7, 11) is 0.